The molecule has 0 radical (unpaired) electrons. The molecule has 0 heterocycles. The summed E-state index contributed by atoms with van der Waals surface area (Å²) < 4.78 is 14.9. The van der Waals surface area contributed by atoms with Crippen molar-refractivity contribution in [1.29, 1.82) is 0 Å². The van der Waals surface area contributed by atoms with E-state index in [-0.39, 0.29) is 5.82 Å². The van der Waals surface area contributed by atoms with E-state index < -0.39 is 0 Å². The van der Waals surface area contributed by atoms with Crippen molar-refractivity contribution in [1.82, 2.24) is 0 Å². The van der Waals surface area contributed by atoms with Gasteiger partial charge in [0.1, 0.15) is 5.82 Å². The van der Waals surface area contributed by atoms with E-state index in [1.54, 1.807) is 6.07 Å². The summed E-state index contributed by atoms with van der Waals surface area (Å²) >= 11 is 0. The molecule has 0 saturated heterocycles. The summed E-state index contributed by atoms with van der Waals surface area (Å²) in [5.41, 5.74) is 3.99. The predicted octanol–water partition coefficient (Wildman–Crippen LogP) is 7.45. The smallest absolute Gasteiger partial charge is 0.146 e. The van der Waals surface area contributed by atoms with E-state index in [0.717, 1.165) is 23.8 Å². The van der Waals surface area contributed by atoms with Gasteiger partial charge in [-0.3, -0.25) is 0 Å². The van der Waals surface area contributed by atoms with Crippen LogP contribution < -0.4 is 0 Å². The Morgan fingerprint density at radius 2 is 1.43 bits per heavy atom. The van der Waals surface area contributed by atoms with Gasteiger partial charge in [0.15, 0.2) is 0 Å². The summed E-state index contributed by atoms with van der Waals surface area (Å²) in [4.78, 5) is 0. The van der Waals surface area contributed by atoms with Crippen molar-refractivity contribution in [3.63, 3.8) is 0 Å². The molecule has 0 fully saturated rings. The van der Waals surface area contributed by atoms with Crippen LogP contribution in [-0.2, 0) is 12.8 Å². The standard InChI is InChI=1S/C27H29F/c1-3-5-7-9-23-15-19-26-25(20-23)18-17-24(27(26)28)16-14-22-12-10-21(11-13-22)8-6-4-2/h10-13,15,17-20H,3-9H2,1-2H3. The van der Waals surface area contributed by atoms with E-state index in [9.17, 15) is 4.39 Å². The Balaban J connectivity index is 1.78. The summed E-state index contributed by atoms with van der Waals surface area (Å²) in [6.07, 6.45) is 8.19. The summed E-state index contributed by atoms with van der Waals surface area (Å²) in [5, 5.41) is 1.61. The molecule has 0 aliphatic carbocycles. The second-order valence-electron chi connectivity index (χ2n) is 7.49. The molecule has 144 valence electrons. The highest BCUT2D eigenvalue weighted by Gasteiger charge is 2.06. The lowest BCUT2D eigenvalue weighted by atomic mass is 10.0. The number of benzene rings is 3. The summed E-state index contributed by atoms with van der Waals surface area (Å²) in [6, 6.07) is 18.1. The first-order chi connectivity index (χ1) is 13.7. The summed E-state index contributed by atoms with van der Waals surface area (Å²) in [5.74, 6) is 5.90. The molecule has 0 N–H and O–H groups in total. The van der Waals surface area contributed by atoms with Crippen LogP contribution in [0.25, 0.3) is 10.8 Å². The average Bonchev–Trinajstić information content (AvgIpc) is 2.73. The van der Waals surface area contributed by atoms with Crippen molar-refractivity contribution in [3.8, 4) is 11.8 Å². The Morgan fingerprint density at radius 1 is 0.714 bits per heavy atom. The van der Waals surface area contributed by atoms with Gasteiger partial charge in [0.25, 0.3) is 0 Å². The van der Waals surface area contributed by atoms with E-state index in [1.807, 2.05) is 30.3 Å². The first-order valence-corrected chi connectivity index (χ1v) is 10.5. The highest BCUT2D eigenvalue weighted by Crippen LogP contribution is 2.23. The zero-order valence-electron chi connectivity index (χ0n) is 17.0. The van der Waals surface area contributed by atoms with Crippen LogP contribution in [0.1, 0.15) is 68.2 Å². The van der Waals surface area contributed by atoms with Gasteiger partial charge in [0.05, 0.1) is 5.56 Å². The van der Waals surface area contributed by atoms with E-state index >= 15 is 0 Å². The number of halogens is 1. The van der Waals surface area contributed by atoms with E-state index in [1.165, 1.54) is 43.2 Å². The Bertz CT molecular complexity index is 971. The fraction of sp³-hybridized carbons (Fsp3) is 0.333. The number of rotatable bonds is 7. The molecule has 0 atom stereocenters. The van der Waals surface area contributed by atoms with Crippen LogP contribution in [0.5, 0.6) is 0 Å². The second-order valence-corrected chi connectivity index (χ2v) is 7.49. The maximum atomic E-state index is 14.9. The van der Waals surface area contributed by atoms with Crippen LogP contribution in [0, 0.1) is 17.7 Å². The molecule has 3 aromatic carbocycles. The quantitative estimate of drug-likeness (QED) is 0.298. The van der Waals surface area contributed by atoms with Crippen LogP contribution >= 0.6 is 0 Å². The van der Waals surface area contributed by atoms with Gasteiger partial charge in [-0.1, -0.05) is 81.3 Å². The minimum Gasteiger partial charge on any atom is -0.205 e. The first-order valence-electron chi connectivity index (χ1n) is 10.5. The van der Waals surface area contributed by atoms with Crippen LogP contribution in [0.3, 0.4) is 0 Å². The maximum Gasteiger partial charge on any atom is 0.146 e. The highest BCUT2D eigenvalue weighted by atomic mass is 19.1. The largest absolute Gasteiger partial charge is 0.205 e. The maximum absolute atomic E-state index is 14.9. The number of fused-ring (bicyclic) bond motifs is 1. The Morgan fingerprint density at radius 3 is 2.18 bits per heavy atom. The van der Waals surface area contributed by atoms with E-state index in [2.05, 4.69) is 43.9 Å². The molecular weight excluding hydrogens is 343 g/mol. The van der Waals surface area contributed by atoms with Crippen molar-refractivity contribution in [3.05, 3.63) is 82.7 Å². The van der Waals surface area contributed by atoms with Crippen LogP contribution in [0.2, 0.25) is 0 Å². The fourth-order valence-corrected chi connectivity index (χ4v) is 3.45. The first kappa shape index (κ1) is 20.2. The third-order valence-corrected chi connectivity index (χ3v) is 5.20. The molecule has 0 unspecified atom stereocenters. The van der Waals surface area contributed by atoms with E-state index in [4.69, 9.17) is 0 Å². The molecule has 0 saturated carbocycles. The Labute approximate surface area is 168 Å². The molecular formula is C27H29F. The zero-order valence-corrected chi connectivity index (χ0v) is 17.0. The summed E-state index contributed by atoms with van der Waals surface area (Å²) in [7, 11) is 0. The van der Waals surface area contributed by atoms with Crippen LogP contribution in [0.4, 0.5) is 4.39 Å². The minimum absolute atomic E-state index is 0.218. The van der Waals surface area contributed by atoms with Crippen LogP contribution in [0.15, 0.2) is 54.6 Å². The molecule has 0 spiro atoms. The Kier molecular flexibility index (Phi) is 7.26. The average molecular weight is 373 g/mol. The van der Waals surface area contributed by atoms with Crippen molar-refractivity contribution < 1.29 is 4.39 Å². The zero-order chi connectivity index (χ0) is 19.8. The van der Waals surface area contributed by atoms with Gasteiger partial charge in [-0.15, -0.1) is 0 Å². The van der Waals surface area contributed by atoms with Gasteiger partial charge in [-0.2, -0.15) is 0 Å². The molecule has 0 amide bonds. The van der Waals surface area contributed by atoms with Crippen molar-refractivity contribution >= 4 is 10.8 Å². The number of unbranched alkanes of at least 4 members (excludes halogenated alkanes) is 3. The molecule has 3 rings (SSSR count). The van der Waals surface area contributed by atoms with Gasteiger partial charge in [-0.25, -0.2) is 4.39 Å². The van der Waals surface area contributed by atoms with Crippen molar-refractivity contribution in [2.45, 2.75) is 58.8 Å². The summed E-state index contributed by atoms with van der Waals surface area (Å²) in [6.45, 7) is 4.41. The van der Waals surface area contributed by atoms with Gasteiger partial charge >= 0.3 is 0 Å². The molecule has 3 aromatic rings. The molecule has 28 heavy (non-hydrogen) atoms. The topological polar surface area (TPSA) is 0 Å². The SMILES string of the molecule is CCCCCc1ccc2c(F)c(C#Cc3ccc(CCCC)cc3)ccc2c1. The van der Waals surface area contributed by atoms with Crippen molar-refractivity contribution in [2.75, 3.05) is 0 Å². The van der Waals surface area contributed by atoms with Gasteiger partial charge in [0, 0.05) is 10.9 Å². The number of aryl methyl sites for hydroxylation is 2. The molecule has 1 heteroatoms. The second kappa shape index (κ2) is 10.1. The third kappa shape index (κ3) is 5.23. The lowest BCUT2D eigenvalue weighted by Crippen LogP contribution is -1.90. The predicted molar refractivity (Wildman–Crippen MR) is 118 cm³/mol. The van der Waals surface area contributed by atoms with E-state index in [0.29, 0.717) is 10.9 Å². The highest BCUT2D eigenvalue weighted by molar-refractivity contribution is 5.85. The lowest BCUT2D eigenvalue weighted by molar-refractivity contribution is 0.636. The van der Waals surface area contributed by atoms with Crippen LogP contribution in [-0.4, -0.2) is 0 Å². The molecule has 0 nitrogen and oxygen atoms in total. The number of hydrogen-bond acceptors (Lipinski definition) is 0. The molecule has 0 bridgehead atoms. The van der Waals surface area contributed by atoms with Gasteiger partial charge in [0.2, 0.25) is 0 Å². The molecule has 0 aromatic heterocycles. The monoisotopic (exact) mass is 372 g/mol. The van der Waals surface area contributed by atoms with Gasteiger partial charge < -0.3 is 0 Å². The third-order valence-electron chi connectivity index (χ3n) is 5.20. The normalized spacial score (nSPS) is 10.7. The molecule has 0 aliphatic rings. The Hall–Kier alpha value is -2.59. The lowest BCUT2D eigenvalue weighted by Gasteiger charge is -2.06. The minimum atomic E-state index is -0.218. The van der Waals surface area contributed by atoms with Crippen molar-refractivity contribution in [2.24, 2.45) is 0 Å². The number of hydrogen-bond donors (Lipinski definition) is 0. The molecule has 0 aliphatic heterocycles. The fourth-order valence-electron chi connectivity index (χ4n) is 3.45. The van der Waals surface area contributed by atoms with Gasteiger partial charge in [-0.05, 0) is 60.4 Å².